The lowest BCUT2D eigenvalue weighted by atomic mass is 10.3. The third-order valence-corrected chi connectivity index (χ3v) is 1.72. The van der Waals surface area contributed by atoms with Crippen LogP contribution in [0.2, 0.25) is 0 Å². The van der Waals surface area contributed by atoms with Crippen LogP contribution in [-0.4, -0.2) is 0 Å². The van der Waals surface area contributed by atoms with Crippen molar-refractivity contribution in [3.63, 3.8) is 0 Å². The van der Waals surface area contributed by atoms with Crippen molar-refractivity contribution in [1.29, 1.82) is 0 Å². The molecule has 0 aliphatic rings. The van der Waals surface area contributed by atoms with E-state index < -0.39 is 0 Å². The van der Waals surface area contributed by atoms with E-state index in [0.29, 0.717) is 5.69 Å². The lowest BCUT2D eigenvalue weighted by Crippen LogP contribution is -1.62. The van der Waals surface area contributed by atoms with Crippen LogP contribution in [0.4, 0.5) is 5.69 Å². The molecule has 1 nitrogen and oxygen atoms in total. The molecule has 0 aromatic carbocycles. The highest BCUT2D eigenvalue weighted by atomic mass is 32.1. The molecule has 1 aromatic heterocycles. The topological polar surface area (TPSA) is 23.8 Å². The van der Waals surface area contributed by atoms with Gasteiger partial charge in [-0.2, -0.15) is 0 Å². The highest BCUT2D eigenvalue weighted by Gasteiger charge is 1.88. The first-order chi connectivity index (χ1) is 3.30. The van der Waals surface area contributed by atoms with Crippen molar-refractivity contribution in [2.45, 2.75) is 6.92 Å². The first-order valence-electron chi connectivity index (χ1n) is 2.05. The first kappa shape index (κ1) is 4.65. The lowest BCUT2D eigenvalue weighted by Gasteiger charge is -1.78. The summed E-state index contributed by atoms with van der Waals surface area (Å²) in [6.07, 6.45) is 0. The average Bonchev–Trinajstić information content (AvgIpc) is 1.91. The SMILES string of the molecule is Cc1cscc1[NH]. The van der Waals surface area contributed by atoms with Crippen molar-refractivity contribution in [2.24, 2.45) is 0 Å². The van der Waals surface area contributed by atoms with Gasteiger partial charge in [0.2, 0.25) is 0 Å². The maximum absolute atomic E-state index is 7.11. The maximum atomic E-state index is 7.11. The Bertz CT molecular complexity index is 140. The summed E-state index contributed by atoms with van der Waals surface area (Å²) in [6.45, 7) is 1.94. The molecule has 0 aliphatic carbocycles. The molecule has 0 bridgehead atoms. The number of hydrogen-bond acceptors (Lipinski definition) is 1. The van der Waals surface area contributed by atoms with Gasteiger partial charge in [0.05, 0.1) is 5.69 Å². The van der Waals surface area contributed by atoms with Gasteiger partial charge < -0.3 is 0 Å². The van der Waals surface area contributed by atoms with Gasteiger partial charge in [0, 0.05) is 5.38 Å². The van der Waals surface area contributed by atoms with Crippen molar-refractivity contribution in [3.05, 3.63) is 16.3 Å². The summed E-state index contributed by atoms with van der Waals surface area (Å²) in [5, 5.41) is 3.80. The minimum Gasteiger partial charge on any atom is -0.300 e. The molecule has 0 aliphatic heterocycles. The lowest BCUT2D eigenvalue weighted by molar-refractivity contribution is 1.43. The smallest absolute Gasteiger partial charge is 0.0675 e. The molecule has 2 heteroatoms. The van der Waals surface area contributed by atoms with Crippen molar-refractivity contribution in [1.82, 2.24) is 5.73 Å². The van der Waals surface area contributed by atoms with E-state index in [1.807, 2.05) is 17.7 Å². The summed E-state index contributed by atoms with van der Waals surface area (Å²) < 4.78 is 0. The number of aryl methyl sites for hydroxylation is 1. The van der Waals surface area contributed by atoms with E-state index in [1.54, 1.807) is 11.3 Å². The molecule has 7 heavy (non-hydrogen) atoms. The Labute approximate surface area is 46.8 Å². The highest BCUT2D eigenvalue weighted by molar-refractivity contribution is 7.08. The van der Waals surface area contributed by atoms with Crippen LogP contribution in [-0.2, 0) is 0 Å². The van der Waals surface area contributed by atoms with Crippen LogP contribution in [0, 0.1) is 6.92 Å². The van der Waals surface area contributed by atoms with E-state index in [-0.39, 0.29) is 0 Å². The van der Waals surface area contributed by atoms with Crippen molar-refractivity contribution in [2.75, 3.05) is 0 Å². The summed E-state index contributed by atoms with van der Waals surface area (Å²) in [5.41, 5.74) is 8.84. The van der Waals surface area contributed by atoms with Crippen LogP contribution in [0.15, 0.2) is 10.8 Å². The predicted octanol–water partition coefficient (Wildman–Crippen LogP) is 1.97. The van der Waals surface area contributed by atoms with Gasteiger partial charge in [-0.05, 0) is 17.9 Å². The Balaban J connectivity index is 3.12. The fourth-order valence-corrected chi connectivity index (χ4v) is 1.08. The van der Waals surface area contributed by atoms with E-state index >= 15 is 0 Å². The number of nitrogens with one attached hydrogen (secondary N) is 1. The van der Waals surface area contributed by atoms with E-state index in [4.69, 9.17) is 5.73 Å². The summed E-state index contributed by atoms with van der Waals surface area (Å²) in [5.74, 6) is 0. The van der Waals surface area contributed by atoms with Crippen LogP contribution in [0.5, 0.6) is 0 Å². The normalized spacial score (nSPS) is 9.29. The fourth-order valence-electron chi connectivity index (χ4n) is 0.361. The quantitative estimate of drug-likeness (QED) is 0.490. The monoisotopic (exact) mass is 112 g/mol. The molecule has 0 atom stereocenters. The molecule has 1 radical (unpaired) electrons. The van der Waals surface area contributed by atoms with Gasteiger partial charge in [0.1, 0.15) is 0 Å². The fraction of sp³-hybridized carbons (Fsp3) is 0.200. The van der Waals surface area contributed by atoms with Crippen molar-refractivity contribution < 1.29 is 0 Å². The summed E-state index contributed by atoms with van der Waals surface area (Å²) in [6, 6.07) is 0. The molecular formula is C5H6NS. The molecule has 0 amide bonds. The molecule has 0 saturated heterocycles. The molecule has 0 spiro atoms. The Kier molecular flexibility index (Phi) is 1.02. The Hall–Kier alpha value is -0.500. The molecular weight excluding hydrogens is 106 g/mol. The standard InChI is InChI=1S/C5H6NS/c1-4-2-7-3-5(4)6/h2-3,6H,1H3. The molecule has 37 valence electrons. The van der Waals surface area contributed by atoms with Crippen molar-refractivity contribution >= 4 is 17.0 Å². The first-order valence-corrected chi connectivity index (χ1v) is 2.99. The van der Waals surface area contributed by atoms with Crippen molar-refractivity contribution in [3.8, 4) is 0 Å². The second-order valence-electron chi connectivity index (χ2n) is 1.47. The van der Waals surface area contributed by atoms with E-state index in [1.165, 1.54) is 0 Å². The Morgan fingerprint density at radius 1 is 1.57 bits per heavy atom. The van der Waals surface area contributed by atoms with Gasteiger partial charge in [-0.1, -0.05) is 0 Å². The van der Waals surface area contributed by atoms with Gasteiger partial charge >= 0.3 is 0 Å². The van der Waals surface area contributed by atoms with E-state index in [2.05, 4.69) is 0 Å². The van der Waals surface area contributed by atoms with Gasteiger partial charge in [0.25, 0.3) is 0 Å². The summed E-state index contributed by atoms with van der Waals surface area (Å²) >= 11 is 1.58. The van der Waals surface area contributed by atoms with Gasteiger partial charge in [-0.15, -0.1) is 11.3 Å². The molecule has 1 heterocycles. The molecule has 1 aromatic rings. The van der Waals surface area contributed by atoms with Crippen LogP contribution in [0.25, 0.3) is 0 Å². The van der Waals surface area contributed by atoms with Gasteiger partial charge in [-0.3, -0.25) is 5.73 Å². The van der Waals surface area contributed by atoms with E-state index in [0.717, 1.165) is 5.56 Å². The van der Waals surface area contributed by atoms with E-state index in [9.17, 15) is 0 Å². The zero-order valence-corrected chi connectivity index (χ0v) is 4.88. The third kappa shape index (κ3) is 0.747. The zero-order valence-electron chi connectivity index (χ0n) is 4.06. The number of thiophene rings is 1. The number of rotatable bonds is 0. The van der Waals surface area contributed by atoms with Crippen LogP contribution in [0.1, 0.15) is 5.56 Å². The van der Waals surface area contributed by atoms with Crippen LogP contribution < -0.4 is 5.73 Å². The third-order valence-electron chi connectivity index (χ3n) is 0.856. The molecule has 0 unspecified atom stereocenters. The Morgan fingerprint density at radius 2 is 2.29 bits per heavy atom. The molecule has 0 saturated carbocycles. The highest BCUT2D eigenvalue weighted by Crippen LogP contribution is 2.15. The molecule has 1 N–H and O–H groups in total. The average molecular weight is 112 g/mol. The predicted molar refractivity (Wildman–Crippen MR) is 31.8 cm³/mol. The number of hydrogen-bond donors (Lipinski definition) is 0. The zero-order chi connectivity index (χ0) is 5.28. The molecule has 0 fully saturated rings. The maximum Gasteiger partial charge on any atom is 0.0675 e. The second-order valence-corrected chi connectivity index (χ2v) is 2.21. The van der Waals surface area contributed by atoms with Crippen LogP contribution in [0.3, 0.4) is 0 Å². The van der Waals surface area contributed by atoms with Crippen LogP contribution >= 0.6 is 11.3 Å². The summed E-state index contributed by atoms with van der Waals surface area (Å²) in [4.78, 5) is 0. The minimum atomic E-state index is 0.657. The molecule has 1 rings (SSSR count). The van der Waals surface area contributed by atoms with Gasteiger partial charge in [-0.25, -0.2) is 0 Å². The summed E-state index contributed by atoms with van der Waals surface area (Å²) in [7, 11) is 0. The van der Waals surface area contributed by atoms with Gasteiger partial charge in [0.15, 0.2) is 0 Å². The minimum absolute atomic E-state index is 0.657. The largest absolute Gasteiger partial charge is 0.300 e. The second kappa shape index (κ2) is 1.54. The Morgan fingerprint density at radius 3 is 2.43 bits per heavy atom.